The fourth-order valence-corrected chi connectivity index (χ4v) is 3.91. The van der Waals surface area contributed by atoms with Crippen molar-refractivity contribution in [3.63, 3.8) is 0 Å². The van der Waals surface area contributed by atoms with E-state index < -0.39 is 11.6 Å². The number of aromatic nitrogens is 1. The number of pyridine rings is 1. The first-order chi connectivity index (χ1) is 11.0. The molecule has 2 saturated heterocycles. The van der Waals surface area contributed by atoms with E-state index in [1.54, 1.807) is 6.07 Å². The zero-order valence-electron chi connectivity index (χ0n) is 13.4. The number of carboxylic acids is 1. The van der Waals surface area contributed by atoms with Gasteiger partial charge in [0.05, 0.1) is 5.60 Å². The Morgan fingerprint density at radius 3 is 2.83 bits per heavy atom. The van der Waals surface area contributed by atoms with E-state index in [9.17, 15) is 9.90 Å². The van der Waals surface area contributed by atoms with Crippen LogP contribution in [-0.2, 0) is 4.74 Å². The molecule has 2 aliphatic heterocycles. The van der Waals surface area contributed by atoms with Crippen molar-refractivity contribution in [1.29, 1.82) is 0 Å². The molecule has 2 aliphatic rings. The fraction of sp³-hybridized carbons (Fsp3) is 0.647. The summed E-state index contributed by atoms with van der Waals surface area (Å²) in [6.45, 7) is 4.99. The highest BCUT2D eigenvalue weighted by Crippen LogP contribution is 2.40. The fourth-order valence-electron chi connectivity index (χ4n) is 3.91. The summed E-state index contributed by atoms with van der Waals surface area (Å²) in [5, 5.41) is 20.3. The standard InChI is InChI=1S/C17H24N2O4/c1-12-11-19(14-2-6-18-15(10-14)16(20)21)7-5-17(12,22)13-3-8-23-9-4-13/h2,6,10,12-13,22H,3-5,7-9,11H2,1H3,(H,20,21)/t12?,17-/m0/s1. The quantitative estimate of drug-likeness (QED) is 0.883. The van der Waals surface area contributed by atoms with Crippen LogP contribution in [0.4, 0.5) is 5.69 Å². The average Bonchev–Trinajstić information content (AvgIpc) is 2.58. The largest absolute Gasteiger partial charge is 0.477 e. The molecular weight excluding hydrogens is 296 g/mol. The second kappa shape index (κ2) is 6.45. The van der Waals surface area contributed by atoms with Crippen LogP contribution in [0, 0.1) is 11.8 Å². The molecule has 23 heavy (non-hydrogen) atoms. The topological polar surface area (TPSA) is 82.9 Å². The summed E-state index contributed by atoms with van der Waals surface area (Å²) in [4.78, 5) is 17.1. The Morgan fingerprint density at radius 2 is 2.17 bits per heavy atom. The number of aromatic carboxylic acids is 1. The molecule has 126 valence electrons. The van der Waals surface area contributed by atoms with Gasteiger partial charge < -0.3 is 19.8 Å². The van der Waals surface area contributed by atoms with E-state index in [2.05, 4.69) is 16.8 Å². The van der Waals surface area contributed by atoms with Gasteiger partial charge in [-0.1, -0.05) is 6.92 Å². The smallest absolute Gasteiger partial charge is 0.354 e. The molecule has 1 aromatic heterocycles. The van der Waals surface area contributed by atoms with E-state index in [0.29, 0.717) is 12.3 Å². The number of hydrogen-bond donors (Lipinski definition) is 2. The second-order valence-electron chi connectivity index (χ2n) is 6.68. The van der Waals surface area contributed by atoms with E-state index in [-0.39, 0.29) is 11.6 Å². The lowest BCUT2D eigenvalue weighted by Gasteiger charge is -2.49. The normalized spacial score (nSPS) is 29.5. The van der Waals surface area contributed by atoms with Gasteiger partial charge in [-0.25, -0.2) is 9.78 Å². The molecule has 0 spiro atoms. The van der Waals surface area contributed by atoms with Crippen LogP contribution in [0.25, 0.3) is 0 Å². The van der Waals surface area contributed by atoms with Crippen LogP contribution in [-0.4, -0.2) is 53.1 Å². The molecule has 2 fully saturated rings. The molecule has 0 bridgehead atoms. The number of hydrogen-bond acceptors (Lipinski definition) is 5. The Balaban J connectivity index is 1.73. The molecule has 2 N–H and O–H groups in total. The molecule has 0 amide bonds. The maximum atomic E-state index is 11.2. The number of rotatable bonds is 3. The number of carbonyl (C=O) groups is 1. The lowest BCUT2D eigenvalue weighted by Crippen LogP contribution is -2.56. The van der Waals surface area contributed by atoms with Crippen molar-refractivity contribution in [3.05, 3.63) is 24.0 Å². The predicted molar refractivity (Wildman–Crippen MR) is 85.7 cm³/mol. The summed E-state index contributed by atoms with van der Waals surface area (Å²) < 4.78 is 5.41. The Hall–Kier alpha value is -1.66. The van der Waals surface area contributed by atoms with Crippen LogP contribution >= 0.6 is 0 Å². The molecule has 3 heterocycles. The van der Waals surface area contributed by atoms with Crippen LogP contribution in [0.3, 0.4) is 0 Å². The van der Waals surface area contributed by atoms with E-state index in [4.69, 9.17) is 9.84 Å². The van der Waals surface area contributed by atoms with Gasteiger partial charge in [0.15, 0.2) is 0 Å². The van der Waals surface area contributed by atoms with Crippen LogP contribution in [0.1, 0.15) is 36.7 Å². The molecule has 0 radical (unpaired) electrons. The lowest BCUT2D eigenvalue weighted by atomic mass is 9.70. The summed E-state index contributed by atoms with van der Waals surface area (Å²) >= 11 is 0. The van der Waals surface area contributed by atoms with Gasteiger partial charge in [-0.05, 0) is 37.3 Å². The molecule has 1 unspecified atom stereocenters. The Bertz CT molecular complexity index is 573. The van der Waals surface area contributed by atoms with Gasteiger partial charge in [-0.3, -0.25) is 0 Å². The molecule has 6 heteroatoms. The van der Waals surface area contributed by atoms with Crippen LogP contribution in [0.2, 0.25) is 0 Å². The van der Waals surface area contributed by atoms with Crippen LogP contribution in [0.15, 0.2) is 18.3 Å². The van der Waals surface area contributed by atoms with Crippen LogP contribution in [0.5, 0.6) is 0 Å². The summed E-state index contributed by atoms with van der Waals surface area (Å²) in [7, 11) is 0. The molecular formula is C17H24N2O4. The zero-order valence-corrected chi connectivity index (χ0v) is 13.4. The number of ether oxygens (including phenoxy) is 1. The van der Waals surface area contributed by atoms with Gasteiger partial charge in [0, 0.05) is 44.1 Å². The van der Waals surface area contributed by atoms with Crippen molar-refractivity contribution in [1.82, 2.24) is 4.98 Å². The van der Waals surface area contributed by atoms with Gasteiger partial charge >= 0.3 is 5.97 Å². The number of aliphatic hydroxyl groups is 1. The van der Waals surface area contributed by atoms with E-state index in [1.165, 1.54) is 6.20 Å². The second-order valence-corrected chi connectivity index (χ2v) is 6.68. The molecule has 2 atom stereocenters. The first kappa shape index (κ1) is 16.2. The summed E-state index contributed by atoms with van der Waals surface area (Å²) in [5.74, 6) is -0.600. The Kier molecular flexibility index (Phi) is 4.55. The molecule has 0 saturated carbocycles. The minimum Gasteiger partial charge on any atom is -0.477 e. The summed E-state index contributed by atoms with van der Waals surface area (Å²) in [6.07, 6.45) is 4.06. The Morgan fingerprint density at radius 1 is 1.43 bits per heavy atom. The number of piperidine rings is 1. The molecule has 1 aromatic rings. The van der Waals surface area contributed by atoms with Crippen molar-refractivity contribution < 1.29 is 19.7 Å². The number of anilines is 1. The van der Waals surface area contributed by atoms with E-state index in [1.807, 2.05) is 6.07 Å². The third-order valence-corrected chi connectivity index (χ3v) is 5.39. The van der Waals surface area contributed by atoms with Crippen molar-refractivity contribution in [2.45, 2.75) is 31.8 Å². The number of nitrogens with zero attached hydrogens (tertiary/aromatic N) is 2. The van der Waals surface area contributed by atoms with Crippen LogP contribution < -0.4 is 4.90 Å². The zero-order chi connectivity index (χ0) is 16.4. The summed E-state index contributed by atoms with van der Waals surface area (Å²) in [6, 6.07) is 3.44. The summed E-state index contributed by atoms with van der Waals surface area (Å²) in [5.41, 5.74) is 0.266. The Labute approximate surface area is 136 Å². The van der Waals surface area contributed by atoms with Gasteiger partial charge in [0.1, 0.15) is 5.69 Å². The average molecular weight is 320 g/mol. The molecule has 0 aliphatic carbocycles. The van der Waals surface area contributed by atoms with E-state index in [0.717, 1.165) is 44.8 Å². The highest BCUT2D eigenvalue weighted by Gasteiger charge is 2.45. The highest BCUT2D eigenvalue weighted by molar-refractivity contribution is 5.86. The highest BCUT2D eigenvalue weighted by atomic mass is 16.5. The first-order valence-electron chi connectivity index (χ1n) is 8.25. The maximum absolute atomic E-state index is 11.2. The lowest BCUT2D eigenvalue weighted by molar-refractivity contribution is -0.108. The first-order valence-corrected chi connectivity index (χ1v) is 8.25. The molecule has 6 nitrogen and oxygen atoms in total. The van der Waals surface area contributed by atoms with Crippen molar-refractivity contribution in [2.75, 3.05) is 31.2 Å². The SMILES string of the molecule is CC1CN(c2ccnc(C(=O)O)c2)CC[C@@]1(O)C1CCOCC1. The van der Waals surface area contributed by atoms with Crippen molar-refractivity contribution in [3.8, 4) is 0 Å². The van der Waals surface area contributed by atoms with E-state index >= 15 is 0 Å². The van der Waals surface area contributed by atoms with Gasteiger partial charge in [0.25, 0.3) is 0 Å². The van der Waals surface area contributed by atoms with Crippen molar-refractivity contribution in [2.24, 2.45) is 11.8 Å². The molecule has 3 rings (SSSR count). The predicted octanol–water partition coefficient (Wildman–Crippen LogP) is 1.78. The van der Waals surface area contributed by atoms with Gasteiger partial charge in [-0.2, -0.15) is 0 Å². The van der Waals surface area contributed by atoms with Gasteiger partial charge in [-0.15, -0.1) is 0 Å². The monoisotopic (exact) mass is 320 g/mol. The van der Waals surface area contributed by atoms with Crippen molar-refractivity contribution >= 4 is 11.7 Å². The van der Waals surface area contributed by atoms with Gasteiger partial charge in [0.2, 0.25) is 0 Å². The minimum atomic E-state index is -1.02. The minimum absolute atomic E-state index is 0.0559. The third kappa shape index (κ3) is 3.19. The maximum Gasteiger partial charge on any atom is 0.354 e. The number of carboxylic acid groups (broad SMARTS) is 1. The molecule has 0 aromatic carbocycles. The third-order valence-electron chi connectivity index (χ3n) is 5.39.